The van der Waals surface area contributed by atoms with Gasteiger partial charge in [0.25, 0.3) is 0 Å². The Labute approximate surface area is 251 Å². The smallest absolute Gasteiger partial charge is 0.338 e. The van der Waals surface area contributed by atoms with E-state index in [-0.39, 0.29) is 5.97 Å². The maximum absolute atomic E-state index is 12.5. The lowest BCUT2D eigenvalue weighted by molar-refractivity contribution is 0.0497. The van der Waals surface area contributed by atoms with Crippen molar-refractivity contribution in [1.29, 1.82) is 0 Å². The second-order valence-electron chi connectivity index (χ2n) is 12.5. The van der Waals surface area contributed by atoms with Gasteiger partial charge in [0.15, 0.2) is 0 Å². The number of rotatable bonds is 26. The number of ether oxygens (including phenoxy) is 3. The maximum Gasteiger partial charge on any atom is 0.338 e. The van der Waals surface area contributed by atoms with Crippen molar-refractivity contribution in [3.63, 3.8) is 0 Å². The fourth-order valence-electron chi connectivity index (χ4n) is 5.71. The van der Waals surface area contributed by atoms with Crippen molar-refractivity contribution in [2.75, 3.05) is 13.2 Å². The van der Waals surface area contributed by atoms with Crippen molar-refractivity contribution in [3.8, 4) is 0 Å². The van der Waals surface area contributed by atoms with E-state index in [4.69, 9.17) is 19.2 Å². The van der Waals surface area contributed by atoms with Gasteiger partial charge in [-0.1, -0.05) is 109 Å². The number of epoxide rings is 2. The highest BCUT2D eigenvalue weighted by Crippen LogP contribution is 2.32. The van der Waals surface area contributed by atoms with Crippen LogP contribution in [0.25, 0.3) is 0 Å². The summed E-state index contributed by atoms with van der Waals surface area (Å²) in [5.74, 6) is -0.240. The SMILES string of the molecule is CCCCCCCCC1OC1CCCCCCC(C)=Nc1cccc(C(=O)OCCCCCCCCCC2CO2)c1. The molecule has 0 amide bonds. The first-order valence-electron chi connectivity index (χ1n) is 17.2. The lowest BCUT2D eigenvalue weighted by Crippen LogP contribution is -2.06. The number of unbranched alkanes of at least 4 members (excludes halogenated alkanes) is 14. The lowest BCUT2D eigenvalue weighted by atomic mass is 10.0. The van der Waals surface area contributed by atoms with Crippen LogP contribution in [0, 0.1) is 0 Å². The molecule has 2 heterocycles. The van der Waals surface area contributed by atoms with E-state index in [1.807, 2.05) is 24.3 Å². The molecule has 3 unspecified atom stereocenters. The standard InChI is InChI=1S/C36H59NO4/c1-3-4-5-6-11-17-25-34-35(41-34)26-18-13-12-15-21-30(2)37-32-23-20-22-31(28-32)36(38)39-27-19-14-9-7-8-10-16-24-33-29-40-33/h20,22-23,28,33-35H,3-19,21,24-27,29H2,1-2H3. The number of nitrogens with zero attached hydrogens (tertiary/aromatic N) is 1. The highest BCUT2D eigenvalue weighted by atomic mass is 16.6. The zero-order chi connectivity index (χ0) is 29.0. The van der Waals surface area contributed by atoms with Gasteiger partial charge in [-0.15, -0.1) is 0 Å². The topological polar surface area (TPSA) is 63.7 Å². The monoisotopic (exact) mass is 569 g/mol. The van der Waals surface area contributed by atoms with Gasteiger partial charge in [-0.05, 0) is 63.6 Å². The zero-order valence-electron chi connectivity index (χ0n) is 26.4. The number of hydrogen-bond acceptors (Lipinski definition) is 5. The van der Waals surface area contributed by atoms with E-state index in [2.05, 4.69) is 13.8 Å². The molecule has 3 atom stereocenters. The second kappa shape index (κ2) is 21.0. The van der Waals surface area contributed by atoms with Gasteiger partial charge >= 0.3 is 5.97 Å². The molecule has 2 fully saturated rings. The van der Waals surface area contributed by atoms with Crippen LogP contribution in [-0.2, 0) is 14.2 Å². The summed E-state index contributed by atoms with van der Waals surface area (Å²) in [7, 11) is 0. The van der Waals surface area contributed by atoms with E-state index in [1.54, 1.807) is 0 Å². The van der Waals surface area contributed by atoms with Crippen LogP contribution in [0.3, 0.4) is 0 Å². The summed E-state index contributed by atoms with van der Waals surface area (Å²) in [6, 6.07) is 7.55. The molecule has 41 heavy (non-hydrogen) atoms. The van der Waals surface area contributed by atoms with E-state index >= 15 is 0 Å². The molecular weight excluding hydrogens is 510 g/mol. The Morgan fingerprint density at radius 2 is 1.39 bits per heavy atom. The number of aliphatic imine (C=N–C) groups is 1. The number of esters is 1. The zero-order valence-corrected chi connectivity index (χ0v) is 26.4. The Bertz CT molecular complexity index is 865. The molecule has 0 spiro atoms. The predicted molar refractivity (Wildman–Crippen MR) is 171 cm³/mol. The first-order valence-corrected chi connectivity index (χ1v) is 17.2. The number of carbonyl (C=O) groups is 1. The molecule has 1 aromatic carbocycles. The summed E-state index contributed by atoms with van der Waals surface area (Å²) < 4.78 is 16.7. The Hall–Kier alpha value is -1.72. The molecule has 3 rings (SSSR count). The Kier molecular flexibility index (Phi) is 17.3. The van der Waals surface area contributed by atoms with Gasteiger partial charge in [-0.3, -0.25) is 4.99 Å². The van der Waals surface area contributed by atoms with Crippen LogP contribution in [0.15, 0.2) is 29.3 Å². The third-order valence-electron chi connectivity index (χ3n) is 8.51. The van der Waals surface area contributed by atoms with Gasteiger partial charge in [0.1, 0.15) is 0 Å². The summed E-state index contributed by atoms with van der Waals surface area (Å²) in [6.45, 7) is 5.85. The van der Waals surface area contributed by atoms with E-state index in [9.17, 15) is 4.79 Å². The molecule has 2 aliphatic rings. The number of hydrogen-bond donors (Lipinski definition) is 0. The minimum Gasteiger partial charge on any atom is -0.462 e. The van der Waals surface area contributed by atoms with Gasteiger partial charge < -0.3 is 14.2 Å². The summed E-state index contributed by atoms with van der Waals surface area (Å²) >= 11 is 0. The van der Waals surface area contributed by atoms with Crippen LogP contribution in [0.5, 0.6) is 0 Å². The molecule has 0 bridgehead atoms. The van der Waals surface area contributed by atoms with Gasteiger partial charge in [-0.25, -0.2) is 4.79 Å². The van der Waals surface area contributed by atoms with E-state index in [1.165, 1.54) is 116 Å². The molecule has 0 N–H and O–H groups in total. The molecule has 0 aromatic heterocycles. The number of carbonyl (C=O) groups excluding carboxylic acids is 1. The van der Waals surface area contributed by atoms with Crippen LogP contribution >= 0.6 is 0 Å². The highest BCUT2D eigenvalue weighted by molar-refractivity contribution is 5.91. The fourth-order valence-corrected chi connectivity index (χ4v) is 5.71. The second-order valence-corrected chi connectivity index (χ2v) is 12.5. The normalized spacial score (nSPS) is 19.9. The molecule has 5 nitrogen and oxygen atoms in total. The average Bonchev–Trinajstić information content (AvgIpc) is 3.91. The minimum absolute atomic E-state index is 0.240. The van der Waals surface area contributed by atoms with Crippen molar-refractivity contribution in [1.82, 2.24) is 0 Å². The van der Waals surface area contributed by atoms with Crippen LogP contribution in [0.2, 0.25) is 0 Å². The van der Waals surface area contributed by atoms with E-state index < -0.39 is 0 Å². The molecule has 2 saturated heterocycles. The fraction of sp³-hybridized carbons (Fsp3) is 0.778. The largest absolute Gasteiger partial charge is 0.462 e. The molecule has 0 radical (unpaired) electrons. The lowest BCUT2D eigenvalue weighted by Gasteiger charge is -2.06. The molecule has 2 aliphatic heterocycles. The van der Waals surface area contributed by atoms with Crippen molar-refractivity contribution in [3.05, 3.63) is 29.8 Å². The first kappa shape index (κ1) is 33.8. The van der Waals surface area contributed by atoms with Crippen molar-refractivity contribution in [2.24, 2.45) is 4.99 Å². The average molecular weight is 570 g/mol. The highest BCUT2D eigenvalue weighted by Gasteiger charge is 2.36. The molecule has 1 aromatic rings. The molecule has 0 aliphatic carbocycles. The summed E-state index contributed by atoms with van der Waals surface area (Å²) in [5.41, 5.74) is 2.56. The molecule has 5 heteroatoms. The Balaban J connectivity index is 1.16. The Morgan fingerprint density at radius 1 is 0.805 bits per heavy atom. The summed E-state index contributed by atoms with van der Waals surface area (Å²) in [5, 5.41) is 0. The third kappa shape index (κ3) is 16.5. The third-order valence-corrected chi connectivity index (χ3v) is 8.51. The van der Waals surface area contributed by atoms with Crippen LogP contribution in [0.1, 0.15) is 159 Å². The maximum atomic E-state index is 12.5. The van der Waals surface area contributed by atoms with Gasteiger partial charge in [-0.2, -0.15) is 0 Å². The summed E-state index contributed by atoms with van der Waals surface area (Å²) in [6.07, 6.45) is 28.0. The molecule has 0 saturated carbocycles. The number of benzene rings is 1. The van der Waals surface area contributed by atoms with Crippen molar-refractivity contribution in [2.45, 2.75) is 167 Å². The van der Waals surface area contributed by atoms with Gasteiger partial charge in [0.05, 0.1) is 42.8 Å². The minimum atomic E-state index is -0.240. The quantitative estimate of drug-likeness (QED) is 0.0482. The van der Waals surface area contributed by atoms with Crippen LogP contribution in [0.4, 0.5) is 5.69 Å². The van der Waals surface area contributed by atoms with E-state index in [0.717, 1.165) is 37.3 Å². The van der Waals surface area contributed by atoms with Gasteiger partial charge in [0.2, 0.25) is 0 Å². The molecular formula is C36H59NO4. The van der Waals surface area contributed by atoms with Gasteiger partial charge in [0, 0.05) is 5.71 Å². The van der Waals surface area contributed by atoms with Crippen molar-refractivity contribution >= 4 is 17.4 Å². The van der Waals surface area contributed by atoms with Crippen LogP contribution < -0.4 is 0 Å². The first-order chi connectivity index (χ1) is 20.2. The Morgan fingerprint density at radius 3 is 2.05 bits per heavy atom. The van der Waals surface area contributed by atoms with Crippen LogP contribution in [-0.4, -0.2) is 43.2 Å². The van der Waals surface area contributed by atoms with Crippen molar-refractivity contribution < 1.29 is 19.0 Å². The summed E-state index contributed by atoms with van der Waals surface area (Å²) in [4.78, 5) is 17.3. The molecule has 232 valence electrons. The van der Waals surface area contributed by atoms with E-state index in [0.29, 0.717) is 30.5 Å². The predicted octanol–water partition coefficient (Wildman–Crippen LogP) is 10.3.